The molecule has 0 radical (unpaired) electrons. The van der Waals surface area contributed by atoms with Crippen LogP contribution in [0.3, 0.4) is 0 Å². The lowest BCUT2D eigenvalue weighted by Gasteiger charge is -2.29. The first-order valence-corrected chi connectivity index (χ1v) is 6.74. The predicted octanol–water partition coefficient (Wildman–Crippen LogP) is 1.57. The molecule has 1 heterocycles. The largest absolute Gasteiger partial charge is 0.464 e. The van der Waals surface area contributed by atoms with E-state index in [4.69, 9.17) is 4.74 Å². The Morgan fingerprint density at radius 1 is 1.32 bits per heavy atom. The summed E-state index contributed by atoms with van der Waals surface area (Å²) in [6, 6.07) is 10.6. The van der Waals surface area contributed by atoms with E-state index in [0.29, 0.717) is 6.61 Å². The van der Waals surface area contributed by atoms with E-state index in [1.165, 1.54) is 12.5 Å². The molecule has 1 fully saturated rings. The Morgan fingerprint density at radius 2 is 2.00 bits per heavy atom. The second kappa shape index (κ2) is 6.68. The quantitative estimate of drug-likeness (QED) is 0.819. The smallest absolute Gasteiger partial charge is 0.302 e. The van der Waals surface area contributed by atoms with Gasteiger partial charge < -0.3 is 9.84 Å². The summed E-state index contributed by atoms with van der Waals surface area (Å²) in [4.78, 5) is 13.2. The number of esters is 1. The first-order valence-electron chi connectivity index (χ1n) is 6.74. The molecule has 0 bridgehead atoms. The molecule has 2 rings (SSSR count). The summed E-state index contributed by atoms with van der Waals surface area (Å²) in [5.41, 5.74) is 1.22. The number of nitrogens with zero attached hydrogens (tertiary/aromatic N) is 1. The van der Waals surface area contributed by atoms with E-state index in [2.05, 4.69) is 17.0 Å². The average molecular weight is 263 g/mol. The summed E-state index contributed by atoms with van der Waals surface area (Å²) in [6.45, 7) is 2.79. The van der Waals surface area contributed by atoms with E-state index in [9.17, 15) is 9.90 Å². The Bertz CT molecular complexity index is 407. The standard InChI is InChI=1S/C15H21NO3/c1-12(18)19-11-15-8-7-14(10-17)16(15)9-13-5-3-2-4-6-13/h2-6,14-15,17H,7-11H2,1H3. The van der Waals surface area contributed by atoms with Crippen LogP contribution in [0.4, 0.5) is 0 Å². The summed E-state index contributed by atoms with van der Waals surface area (Å²) in [7, 11) is 0. The lowest BCUT2D eigenvalue weighted by Crippen LogP contribution is -2.40. The number of ether oxygens (including phenoxy) is 1. The van der Waals surface area contributed by atoms with Crippen molar-refractivity contribution >= 4 is 5.97 Å². The molecule has 1 N–H and O–H groups in total. The van der Waals surface area contributed by atoms with Crippen LogP contribution in [0.5, 0.6) is 0 Å². The van der Waals surface area contributed by atoms with Crippen molar-refractivity contribution in [3.63, 3.8) is 0 Å². The number of aliphatic hydroxyl groups is 1. The van der Waals surface area contributed by atoms with Gasteiger partial charge in [0.25, 0.3) is 0 Å². The summed E-state index contributed by atoms with van der Waals surface area (Å²) >= 11 is 0. The van der Waals surface area contributed by atoms with Gasteiger partial charge in [0, 0.05) is 25.6 Å². The molecule has 4 nitrogen and oxygen atoms in total. The minimum Gasteiger partial charge on any atom is -0.464 e. The fraction of sp³-hybridized carbons (Fsp3) is 0.533. The molecule has 0 spiro atoms. The average Bonchev–Trinajstić information content (AvgIpc) is 2.80. The molecular weight excluding hydrogens is 242 g/mol. The number of benzene rings is 1. The van der Waals surface area contributed by atoms with Gasteiger partial charge in [-0.15, -0.1) is 0 Å². The van der Waals surface area contributed by atoms with Crippen LogP contribution in [-0.4, -0.2) is 41.3 Å². The van der Waals surface area contributed by atoms with Gasteiger partial charge in [0.15, 0.2) is 0 Å². The van der Waals surface area contributed by atoms with Gasteiger partial charge in [-0.05, 0) is 18.4 Å². The molecule has 1 aromatic carbocycles. The van der Waals surface area contributed by atoms with Crippen LogP contribution in [0, 0.1) is 0 Å². The highest BCUT2D eigenvalue weighted by Crippen LogP contribution is 2.26. The van der Waals surface area contributed by atoms with E-state index in [0.717, 1.165) is 19.4 Å². The zero-order valence-electron chi connectivity index (χ0n) is 11.3. The molecule has 1 aliphatic heterocycles. The molecule has 2 atom stereocenters. The van der Waals surface area contributed by atoms with E-state index < -0.39 is 0 Å². The third kappa shape index (κ3) is 3.78. The fourth-order valence-corrected chi connectivity index (χ4v) is 2.66. The molecule has 0 aliphatic carbocycles. The van der Waals surface area contributed by atoms with E-state index in [1.54, 1.807) is 0 Å². The van der Waals surface area contributed by atoms with Crippen molar-refractivity contribution in [2.24, 2.45) is 0 Å². The molecule has 1 aromatic rings. The predicted molar refractivity (Wildman–Crippen MR) is 72.5 cm³/mol. The van der Waals surface area contributed by atoms with Crippen molar-refractivity contribution in [2.75, 3.05) is 13.2 Å². The third-order valence-electron chi connectivity index (χ3n) is 3.67. The van der Waals surface area contributed by atoms with Gasteiger partial charge in [-0.3, -0.25) is 9.69 Å². The molecule has 104 valence electrons. The maximum Gasteiger partial charge on any atom is 0.302 e. The molecule has 0 aromatic heterocycles. The van der Waals surface area contributed by atoms with Gasteiger partial charge in [-0.2, -0.15) is 0 Å². The van der Waals surface area contributed by atoms with Gasteiger partial charge in [0.05, 0.1) is 6.61 Å². The maximum atomic E-state index is 10.9. The summed E-state index contributed by atoms with van der Waals surface area (Å²) < 4.78 is 5.12. The Kier molecular flexibility index (Phi) is 4.93. The number of aliphatic hydroxyl groups excluding tert-OH is 1. The van der Waals surface area contributed by atoms with Gasteiger partial charge in [-0.1, -0.05) is 30.3 Å². The Balaban J connectivity index is 2.01. The minimum absolute atomic E-state index is 0.156. The van der Waals surface area contributed by atoms with Crippen LogP contribution < -0.4 is 0 Å². The molecule has 0 saturated carbocycles. The monoisotopic (exact) mass is 263 g/mol. The van der Waals surface area contributed by atoms with Gasteiger partial charge in [0.1, 0.15) is 6.61 Å². The zero-order valence-corrected chi connectivity index (χ0v) is 11.3. The molecule has 19 heavy (non-hydrogen) atoms. The lowest BCUT2D eigenvalue weighted by molar-refractivity contribution is -0.142. The van der Waals surface area contributed by atoms with Crippen LogP contribution in [0.1, 0.15) is 25.3 Å². The highest BCUT2D eigenvalue weighted by Gasteiger charge is 2.33. The van der Waals surface area contributed by atoms with Crippen molar-refractivity contribution in [2.45, 2.75) is 38.4 Å². The zero-order chi connectivity index (χ0) is 13.7. The summed E-state index contributed by atoms with van der Waals surface area (Å²) in [5.74, 6) is -0.243. The Labute approximate surface area is 114 Å². The van der Waals surface area contributed by atoms with Crippen molar-refractivity contribution < 1.29 is 14.6 Å². The SMILES string of the molecule is CC(=O)OCC1CCC(CO)N1Cc1ccccc1. The number of hydrogen-bond acceptors (Lipinski definition) is 4. The van der Waals surface area contributed by atoms with Crippen molar-refractivity contribution in [3.05, 3.63) is 35.9 Å². The number of carbonyl (C=O) groups is 1. The first kappa shape index (κ1) is 14.0. The summed E-state index contributed by atoms with van der Waals surface area (Å²) in [5, 5.41) is 9.46. The molecule has 4 heteroatoms. The van der Waals surface area contributed by atoms with E-state index in [1.807, 2.05) is 18.2 Å². The normalized spacial score (nSPS) is 23.5. The van der Waals surface area contributed by atoms with Crippen molar-refractivity contribution in [1.82, 2.24) is 4.90 Å². The molecule has 0 amide bonds. The third-order valence-corrected chi connectivity index (χ3v) is 3.67. The van der Waals surface area contributed by atoms with Crippen LogP contribution in [-0.2, 0) is 16.1 Å². The van der Waals surface area contributed by atoms with Gasteiger partial charge in [-0.25, -0.2) is 0 Å². The fourth-order valence-electron chi connectivity index (χ4n) is 2.66. The Hall–Kier alpha value is -1.39. The van der Waals surface area contributed by atoms with Crippen LogP contribution in [0.25, 0.3) is 0 Å². The number of likely N-dealkylation sites (tertiary alicyclic amines) is 1. The van der Waals surface area contributed by atoms with Crippen molar-refractivity contribution in [3.8, 4) is 0 Å². The Morgan fingerprint density at radius 3 is 2.63 bits per heavy atom. The molecule has 1 aliphatic rings. The van der Waals surface area contributed by atoms with Crippen LogP contribution >= 0.6 is 0 Å². The first-order chi connectivity index (χ1) is 9.20. The molecule has 2 unspecified atom stereocenters. The summed E-state index contributed by atoms with van der Waals surface area (Å²) in [6.07, 6.45) is 1.92. The molecule has 1 saturated heterocycles. The van der Waals surface area contributed by atoms with Crippen LogP contribution in [0.15, 0.2) is 30.3 Å². The number of hydrogen-bond donors (Lipinski definition) is 1. The van der Waals surface area contributed by atoms with E-state index >= 15 is 0 Å². The van der Waals surface area contributed by atoms with Gasteiger partial charge in [0.2, 0.25) is 0 Å². The second-order valence-corrected chi connectivity index (χ2v) is 5.03. The number of rotatable bonds is 5. The molecular formula is C15H21NO3. The van der Waals surface area contributed by atoms with Crippen molar-refractivity contribution in [1.29, 1.82) is 0 Å². The van der Waals surface area contributed by atoms with Gasteiger partial charge >= 0.3 is 5.97 Å². The minimum atomic E-state index is -0.243. The van der Waals surface area contributed by atoms with E-state index in [-0.39, 0.29) is 24.7 Å². The highest BCUT2D eigenvalue weighted by atomic mass is 16.5. The topological polar surface area (TPSA) is 49.8 Å². The second-order valence-electron chi connectivity index (χ2n) is 5.03. The number of carbonyl (C=O) groups excluding carboxylic acids is 1. The van der Waals surface area contributed by atoms with Crippen LogP contribution in [0.2, 0.25) is 0 Å². The highest BCUT2D eigenvalue weighted by molar-refractivity contribution is 5.65. The maximum absolute atomic E-state index is 10.9. The lowest BCUT2D eigenvalue weighted by atomic mass is 10.2.